The first-order valence-corrected chi connectivity index (χ1v) is 7.36. The molecule has 13 heavy (non-hydrogen) atoms. The Hall–Kier alpha value is 1.02. The highest BCUT2D eigenvalue weighted by Gasteiger charge is 2.50. The second-order valence-corrected chi connectivity index (χ2v) is 13.0. The summed E-state index contributed by atoms with van der Waals surface area (Å²) in [7, 11) is -9.65. The molecule has 2 N–H and O–H groups in total. The lowest BCUT2D eigenvalue weighted by atomic mass is 11.3. The molecule has 0 rings (SSSR count). The predicted molar refractivity (Wildman–Crippen MR) is 65.1 cm³/mol. The van der Waals surface area contributed by atoms with E-state index in [9.17, 15) is 16.8 Å². The second kappa shape index (κ2) is 5.20. The molecule has 0 radical (unpaired) electrons. The topological polar surface area (TPSA) is 109 Å². The van der Waals surface area contributed by atoms with Crippen LogP contribution in [0.2, 0.25) is 0 Å². The maximum absolute atomic E-state index is 10.3. The van der Waals surface area contributed by atoms with Gasteiger partial charge >= 0.3 is 20.3 Å². The Balaban J connectivity index is 0. The fraction of sp³-hybridized carbons (Fsp3) is 0.333. The monoisotopic (exact) mass is 456 g/mol. The minimum absolute atomic E-state index is 0.900. The van der Waals surface area contributed by atoms with Gasteiger partial charge in [0, 0.05) is 0 Å². The van der Waals surface area contributed by atoms with Crippen molar-refractivity contribution in [2.45, 2.75) is 0.0925 Å². The van der Waals surface area contributed by atoms with Gasteiger partial charge in [0.1, 0.15) is 0 Å². The van der Waals surface area contributed by atoms with Crippen molar-refractivity contribution in [1.82, 2.24) is 0 Å². The number of rotatable bonds is 2. The fourth-order valence-electron chi connectivity index (χ4n) is 0.133. The molecular formula is C3H6I2O6S2. The smallest absolute Gasteiger partial charge is 0.283 e. The van der Waals surface area contributed by atoms with Crippen LogP contribution in [-0.2, 0) is 20.2 Å². The van der Waals surface area contributed by atoms with Gasteiger partial charge in [0.05, 0.1) is 0 Å². The van der Waals surface area contributed by atoms with E-state index < -0.39 is 20.3 Å². The minimum atomic E-state index is -4.82. The van der Waals surface area contributed by atoms with Gasteiger partial charge in [-0.15, -0.1) is 13.2 Å². The van der Waals surface area contributed by atoms with E-state index in [1.165, 1.54) is 0 Å². The van der Waals surface area contributed by atoms with Gasteiger partial charge in [-0.3, -0.25) is 9.11 Å². The first kappa shape index (κ1) is 16.4. The molecule has 0 unspecified atom stereocenters. The van der Waals surface area contributed by atoms with E-state index in [0.717, 1.165) is 45.2 Å². The van der Waals surface area contributed by atoms with Crippen molar-refractivity contribution < 1.29 is 25.9 Å². The van der Waals surface area contributed by atoms with E-state index in [-0.39, 0.29) is 0 Å². The molecule has 0 spiro atoms. The van der Waals surface area contributed by atoms with Crippen molar-refractivity contribution in [3.63, 3.8) is 0 Å². The van der Waals surface area contributed by atoms with E-state index in [2.05, 4.69) is 13.2 Å². The molecular weight excluding hydrogens is 450 g/mol. The molecule has 0 fully saturated rings. The van der Waals surface area contributed by atoms with E-state index in [4.69, 9.17) is 9.11 Å². The van der Waals surface area contributed by atoms with Crippen LogP contribution in [0, 0.1) is 0 Å². The first-order chi connectivity index (χ1) is 5.50. The summed E-state index contributed by atoms with van der Waals surface area (Å²) in [5.41, 5.74) is 0. The van der Waals surface area contributed by atoms with Gasteiger partial charge in [0.15, 0.2) is 0 Å². The average molecular weight is 456 g/mol. The van der Waals surface area contributed by atoms with Crippen LogP contribution in [0.5, 0.6) is 0 Å². The number of alkyl halides is 2. The second-order valence-electron chi connectivity index (χ2n) is 1.41. The zero-order chi connectivity index (χ0) is 11.5. The molecule has 0 bridgehead atoms. The first-order valence-electron chi connectivity index (χ1n) is 2.32. The number of hydrogen-bond donors (Lipinski definition) is 2. The predicted octanol–water partition coefficient (Wildman–Crippen LogP) is 1.05. The fourth-order valence-corrected chi connectivity index (χ4v) is 1.20. The lowest BCUT2D eigenvalue weighted by Crippen LogP contribution is -2.33. The van der Waals surface area contributed by atoms with Crippen LogP contribution >= 0.6 is 45.2 Å². The van der Waals surface area contributed by atoms with Crippen LogP contribution in [0.1, 0.15) is 0 Å². The molecule has 10 heteroatoms. The van der Waals surface area contributed by atoms with Gasteiger partial charge in [-0.2, -0.15) is 16.8 Å². The third-order valence-electron chi connectivity index (χ3n) is 0.601. The summed E-state index contributed by atoms with van der Waals surface area (Å²) in [5.74, 6) is 0. The van der Waals surface area contributed by atoms with Crippen molar-refractivity contribution in [2.24, 2.45) is 0 Å². The van der Waals surface area contributed by atoms with E-state index >= 15 is 0 Å². The summed E-state index contributed by atoms with van der Waals surface area (Å²) < 4.78 is 55.2. The molecule has 0 aliphatic rings. The van der Waals surface area contributed by atoms with Crippen LogP contribution in [0.3, 0.4) is 0 Å². The quantitative estimate of drug-likeness (QED) is 0.279. The highest BCUT2D eigenvalue weighted by atomic mass is 127. The molecule has 0 amide bonds. The highest BCUT2D eigenvalue weighted by molar-refractivity contribution is 14.2. The zero-order valence-corrected chi connectivity index (χ0v) is 12.0. The molecule has 0 aromatic carbocycles. The lowest BCUT2D eigenvalue weighted by molar-refractivity contribution is 0.468. The van der Waals surface area contributed by atoms with Gasteiger partial charge < -0.3 is 0 Å². The summed E-state index contributed by atoms with van der Waals surface area (Å²) in [6, 6.07) is 0. The Kier molecular flexibility index (Phi) is 6.58. The van der Waals surface area contributed by atoms with Crippen LogP contribution < -0.4 is 0 Å². The van der Waals surface area contributed by atoms with Crippen LogP contribution in [0.25, 0.3) is 0 Å². The Morgan fingerprint density at radius 3 is 1.08 bits per heavy atom. The Bertz CT molecular complexity index is 319. The average Bonchev–Trinajstić information content (AvgIpc) is 1.87. The van der Waals surface area contributed by atoms with E-state index in [1.807, 2.05) is 0 Å². The SMILES string of the molecule is C=C.O=S(=O)(O)C(I)(I)S(=O)(=O)O. The molecule has 0 atom stereocenters. The van der Waals surface area contributed by atoms with Crippen LogP contribution in [0.4, 0.5) is 0 Å². The van der Waals surface area contributed by atoms with Crippen LogP contribution in [-0.4, -0.2) is 26.0 Å². The molecule has 0 aliphatic heterocycles. The third-order valence-corrected chi connectivity index (χ3v) is 9.74. The van der Waals surface area contributed by atoms with Crippen molar-refractivity contribution in [1.29, 1.82) is 0 Å². The molecule has 0 aromatic rings. The highest BCUT2D eigenvalue weighted by Crippen LogP contribution is 2.38. The van der Waals surface area contributed by atoms with Gasteiger partial charge in [0.2, 0.25) is 0 Å². The van der Waals surface area contributed by atoms with Crippen molar-refractivity contribution >= 4 is 65.4 Å². The van der Waals surface area contributed by atoms with Gasteiger partial charge in [-0.1, -0.05) is 0 Å². The minimum Gasteiger partial charge on any atom is -0.283 e. The van der Waals surface area contributed by atoms with E-state index in [0.29, 0.717) is 0 Å². The summed E-state index contributed by atoms with van der Waals surface area (Å²) >= 11 is 1.80. The molecule has 6 nitrogen and oxygen atoms in total. The summed E-state index contributed by atoms with van der Waals surface area (Å²) in [5, 5.41) is 0. The molecule has 0 heterocycles. The van der Waals surface area contributed by atoms with Crippen molar-refractivity contribution in [2.75, 3.05) is 0 Å². The molecule has 0 aliphatic carbocycles. The number of hydrogen-bond acceptors (Lipinski definition) is 4. The Morgan fingerprint density at radius 2 is 1.08 bits per heavy atom. The zero-order valence-electron chi connectivity index (χ0n) is 6.01. The van der Waals surface area contributed by atoms with Gasteiger partial charge in [0.25, 0.3) is 0 Å². The standard InChI is InChI=1S/C2H4.CH2I2O6S2/c1-2;2-1(3,10(4,5)6)11(7,8)9/h1-2H2;(H,4,5,6)(H,7,8,9). The Morgan fingerprint density at radius 1 is 0.923 bits per heavy atom. The van der Waals surface area contributed by atoms with Crippen LogP contribution in [0.15, 0.2) is 13.2 Å². The van der Waals surface area contributed by atoms with Gasteiger partial charge in [-0.05, 0) is 45.2 Å². The molecule has 80 valence electrons. The molecule has 0 aromatic heterocycles. The normalized spacial score (nSPS) is 12.9. The molecule has 0 saturated carbocycles. The lowest BCUT2D eigenvalue weighted by Gasteiger charge is -2.11. The Labute approximate surface area is 104 Å². The summed E-state index contributed by atoms with van der Waals surface area (Å²) in [4.78, 5) is 0. The maximum Gasteiger partial charge on any atom is 0.320 e. The van der Waals surface area contributed by atoms with Crippen molar-refractivity contribution in [3.8, 4) is 0 Å². The molecule has 0 saturated heterocycles. The summed E-state index contributed by atoms with van der Waals surface area (Å²) in [6.45, 7) is 6.00. The van der Waals surface area contributed by atoms with E-state index in [1.54, 1.807) is 0 Å². The maximum atomic E-state index is 10.3. The number of halogens is 2. The van der Waals surface area contributed by atoms with Crippen molar-refractivity contribution in [3.05, 3.63) is 13.2 Å². The largest absolute Gasteiger partial charge is 0.320 e. The third kappa shape index (κ3) is 4.37. The van der Waals surface area contributed by atoms with Gasteiger partial charge in [-0.25, -0.2) is 0 Å². The summed E-state index contributed by atoms with van der Waals surface area (Å²) in [6.07, 6.45) is 0.